The fraction of sp³-hybridized carbons (Fsp3) is 0.867. The average Bonchev–Trinajstić information content (AvgIpc) is 2.49. The van der Waals surface area contributed by atoms with E-state index in [0.29, 0.717) is 25.0 Å². The number of guanidine groups is 1. The SMILES string of the molecule is I.NC(=NCCC(=O)N1CCCCC1)NC1CCCCC1. The van der Waals surface area contributed by atoms with Crippen molar-refractivity contribution < 1.29 is 4.79 Å². The van der Waals surface area contributed by atoms with Crippen molar-refractivity contribution in [2.24, 2.45) is 10.7 Å². The lowest BCUT2D eigenvalue weighted by Gasteiger charge is -2.26. The smallest absolute Gasteiger partial charge is 0.224 e. The summed E-state index contributed by atoms with van der Waals surface area (Å²) in [5.41, 5.74) is 5.88. The molecule has 122 valence electrons. The van der Waals surface area contributed by atoms with Gasteiger partial charge in [0.1, 0.15) is 0 Å². The first kappa shape index (κ1) is 18.5. The summed E-state index contributed by atoms with van der Waals surface area (Å²) in [5, 5.41) is 3.27. The molecule has 0 radical (unpaired) electrons. The predicted molar refractivity (Wildman–Crippen MR) is 97.0 cm³/mol. The van der Waals surface area contributed by atoms with E-state index >= 15 is 0 Å². The number of nitrogens with zero attached hydrogens (tertiary/aromatic N) is 2. The van der Waals surface area contributed by atoms with Gasteiger partial charge in [-0.15, -0.1) is 24.0 Å². The van der Waals surface area contributed by atoms with Gasteiger partial charge in [-0.1, -0.05) is 19.3 Å². The maximum absolute atomic E-state index is 12.0. The molecule has 1 aliphatic heterocycles. The van der Waals surface area contributed by atoms with Crippen LogP contribution in [-0.4, -0.2) is 42.4 Å². The molecule has 2 rings (SSSR count). The fourth-order valence-corrected chi connectivity index (χ4v) is 3.08. The van der Waals surface area contributed by atoms with E-state index in [1.54, 1.807) is 0 Å². The molecule has 2 aliphatic rings. The van der Waals surface area contributed by atoms with Crippen LogP contribution in [0.25, 0.3) is 0 Å². The van der Waals surface area contributed by atoms with Crippen LogP contribution in [0.3, 0.4) is 0 Å². The van der Waals surface area contributed by atoms with Crippen LogP contribution in [0.4, 0.5) is 0 Å². The summed E-state index contributed by atoms with van der Waals surface area (Å²) in [6.45, 7) is 2.33. The van der Waals surface area contributed by atoms with Crippen molar-refractivity contribution in [2.45, 2.75) is 63.8 Å². The zero-order valence-corrected chi connectivity index (χ0v) is 15.2. The summed E-state index contributed by atoms with van der Waals surface area (Å²) in [4.78, 5) is 18.2. The molecule has 2 fully saturated rings. The van der Waals surface area contributed by atoms with Gasteiger partial charge in [-0.05, 0) is 32.1 Å². The van der Waals surface area contributed by atoms with Gasteiger partial charge >= 0.3 is 0 Å². The van der Waals surface area contributed by atoms with Crippen molar-refractivity contribution in [3.8, 4) is 0 Å². The van der Waals surface area contributed by atoms with Gasteiger partial charge in [0.25, 0.3) is 0 Å². The van der Waals surface area contributed by atoms with Crippen molar-refractivity contribution in [2.75, 3.05) is 19.6 Å². The topological polar surface area (TPSA) is 70.7 Å². The van der Waals surface area contributed by atoms with Gasteiger partial charge in [0, 0.05) is 25.6 Å². The molecule has 1 heterocycles. The Balaban J connectivity index is 0.00000220. The fourth-order valence-electron chi connectivity index (χ4n) is 3.08. The van der Waals surface area contributed by atoms with Crippen LogP contribution < -0.4 is 11.1 Å². The number of amides is 1. The first-order valence-electron chi connectivity index (χ1n) is 8.10. The molecule has 1 saturated heterocycles. The van der Waals surface area contributed by atoms with E-state index in [0.717, 1.165) is 25.9 Å². The van der Waals surface area contributed by atoms with E-state index < -0.39 is 0 Å². The number of hydrogen-bond acceptors (Lipinski definition) is 2. The summed E-state index contributed by atoms with van der Waals surface area (Å²) in [6.07, 6.45) is 10.3. The van der Waals surface area contributed by atoms with Crippen LogP contribution in [0.2, 0.25) is 0 Å². The van der Waals surface area contributed by atoms with Crippen LogP contribution >= 0.6 is 24.0 Å². The number of piperidine rings is 1. The number of likely N-dealkylation sites (tertiary alicyclic amines) is 1. The average molecular weight is 408 g/mol. The van der Waals surface area contributed by atoms with Crippen molar-refractivity contribution >= 4 is 35.8 Å². The molecule has 0 aromatic rings. The van der Waals surface area contributed by atoms with Crippen LogP contribution in [0.15, 0.2) is 4.99 Å². The molecule has 1 saturated carbocycles. The molecule has 0 bridgehead atoms. The number of carbonyl (C=O) groups excluding carboxylic acids is 1. The third-order valence-electron chi connectivity index (χ3n) is 4.27. The Kier molecular flexibility index (Phi) is 9.03. The highest BCUT2D eigenvalue weighted by Crippen LogP contribution is 2.17. The second kappa shape index (κ2) is 10.2. The van der Waals surface area contributed by atoms with Crippen LogP contribution in [0, 0.1) is 0 Å². The highest BCUT2D eigenvalue weighted by Gasteiger charge is 2.16. The second-order valence-corrected chi connectivity index (χ2v) is 5.94. The van der Waals surface area contributed by atoms with Gasteiger partial charge in [-0.2, -0.15) is 0 Å². The van der Waals surface area contributed by atoms with Crippen molar-refractivity contribution in [3.63, 3.8) is 0 Å². The molecule has 0 aromatic heterocycles. The van der Waals surface area contributed by atoms with E-state index in [9.17, 15) is 4.79 Å². The summed E-state index contributed by atoms with van der Waals surface area (Å²) < 4.78 is 0. The molecule has 0 aromatic carbocycles. The maximum Gasteiger partial charge on any atom is 0.224 e. The molecular weight excluding hydrogens is 379 g/mol. The minimum absolute atomic E-state index is 0. The van der Waals surface area contributed by atoms with Crippen molar-refractivity contribution in [3.05, 3.63) is 0 Å². The van der Waals surface area contributed by atoms with Gasteiger partial charge < -0.3 is 16.0 Å². The normalized spacial score (nSPS) is 20.8. The zero-order chi connectivity index (χ0) is 14.2. The minimum atomic E-state index is 0. The van der Waals surface area contributed by atoms with Gasteiger partial charge in [0.05, 0.1) is 6.54 Å². The highest BCUT2D eigenvalue weighted by atomic mass is 127. The van der Waals surface area contributed by atoms with E-state index in [1.165, 1.54) is 38.5 Å². The molecule has 6 heteroatoms. The Morgan fingerprint density at radius 3 is 2.38 bits per heavy atom. The highest BCUT2D eigenvalue weighted by molar-refractivity contribution is 14.0. The first-order chi connectivity index (χ1) is 9.75. The zero-order valence-electron chi connectivity index (χ0n) is 12.9. The largest absolute Gasteiger partial charge is 0.370 e. The summed E-state index contributed by atoms with van der Waals surface area (Å²) in [7, 11) is 0. The molecule has 1 amide bonds. The van der Waals surface area contributed by atoms with E-state index in [4.69, 9.17) is 5.73 Å². The number of nitrogens with two attached hydrogens (primary N) is 1. The standard InChI is InChI=1S/C15H28N4O.HI/c16-15(18-13-7-3-1-4-8-13)17-10-9-14(20)19-11-5-2-6-12-19;/h13H,1-12H2,(H3,16,17,18);1H. The van der Waals surface area contributed by atoms with Gasteiger partial charge in [0.2, 0.25) is 5.91 Å². The number of halogens is 1. The number of aliphatic imine (C=N–C) groups is 1. The van der Waals surface area contributed by atoms with Gasteiger partial charge in [0.15, 0.2) is 5.96 Å². The third-order valence-corrected chi connectivity index (χ3v) is 4.27. The van der Waals surface area contributed by atoms with Gasteiger partial charge in [-0.3, -0.25) is 9.79 Å². The molecule has 0 atom stereocenters. The Morgan fingerprint density at radius 2 is 1.71 bits per heavy atom. The Labute approximate surface area is 145 Å². The molecule has 0 spiro atoms. The third kappa shape index (κ3) is 6.84. The molecule has 3 N–H and O–H groups in total. The molecular formula is C15H29IN4O. The summed E-state index contributed by atoms with van der Waals surface area (Å²) in [5.74, 6) is 0.724. The predicted octanol–water partition coefficient (Wildman–Crippen LogP) is 2.24. The maximum atomic E-state index is 12.0. The lowest BCUT2D eigenvalue weighted by atomic mass is 9.96. The molecule has 0 unspecified atom stereocenters. The number of hydrogen-bond donors (Lipinski definition) is 2. The van der Waals surface area contributed by atoms with Crippen molar-refractivity contribution in [1.82, 2.24) is 10.2 Å². The van der Waals surface area contributed by atoms with Crippen LogP contribution in [-0.2, 0) is 4.79 Å². The summed E-state index contributed by atoms with van der Waals surface area (Å²) in [6, 6.07) is 0.477. The van der Waals surface area contributed by atoms with Crippen LogP contribution in [0.5, 0.6) is 0 Å². The van der Waals surface area contributed by atoms with Gasteiger partial charge in [-0.25, -0.2) is 0 Å². The van der Waals surface area contributed by atoms with E-state index in [2.05, 4.69) is 10.3 Å². The number of rotatable bonds is 4. The Bertz CT molecular complexity index is 337. The van der Waals surface area contributed by atoms with E-state index in [1.807, 2.05) is 4.90 Å². The molecule has 1 aliphatic carbocycles. The first-order valence-corrected chi connectivity index (χ1v) is 8.10. The second-order valence-electron chi connectivity index (χ2n) is 5.94. The monoisotopic (exact) mass is 408 g/mol. The Morgan fingerprint density at radius 1 is 1.10 bits per heavy atom. The Hall–Kier alpha value is -0.530. The molecule has 21 heavy (non-hydrogen) atoms. The van der Waals surface area contributed by atoms with Crippen molar-refractivity contribution in [1.29, 1.82) is 0 Å². The number of carbonyl (C=O) groups is 1. The quantitative estimate of drug-likeness (QED) is 0.426. The van der Waals surface area contributed by atoms with Crippen LogP contribution in [0.1, 0.15) is 57.8 Å². The molecule has 5 nitrogen and oxygen atoms in total. The lowest BCUT2D eigenvalue weighted by Crippen LogP contribution is -2.41. The minimum Gasteiger partial charge on any atom is -0.370 e. The number of nitrogens with one attached hydrogen (secondary N) is 1. The van der Waals surface area contributed by atoms with E-state index in [-0.39, 0.29) is 29.9 Å². The lowest BCUT2D eigenvalue weighted by molar-refractivity contribution is -0.131. The summed E-state index contributed by atoms with van der Waals surface area (Å²) >= 11 is 0.